The summed E-state index contributed by atoms with van der Waals surface area (Å²) in [5.74, 6) is 0. The Morgan fingerprint density at radius 3 is 2.67 bits per heavy atom. The van der Waals surface area contributed by atoms with Gasteiger partial charge >= 0.3 is 0 Å². The van der Waals surface area contributed by atoms with Crippen LogP contribution in [0, 0.1) is 0 Å². The number of hydrogen-bond donors (Lipinski definition) is 1. The molecular weight excluding hydrogens is 222 g/mol. The molecule has 0 aromatic heterocycles. The van der Waals surface area contributed by atoms with Crippen LogP contribution in [0.25, 0.3) is 0 Å². The fourth-order valence-electron chi connectivity index (χ4n) is 2.25. The van der Waals surface area contributed by atoms with Crippen LogP contribution in [0.4, 0.5) is 0 Å². The van der Waals surface area contributed by atoms with E-state index in [4.69, 9.17) is 4.74 Å². The van der Waals surface area contributed by atoms with Gasteiger partial charge in [0.05, 0.1) is 6.10 Å². The van der Waals surface area contributed by atoms with Crippen LogP contribution in [0.15, 0.2) is 24.3 Å². The van der Waals surface area contributed by atoms with Gasteiger partial charge in [-0.3, -0.25) is 0 Å². The van der Waals surface area contributed by atoms with Crippen molar-refractivity contribution < 1.29 is 4.74 Å². The molecule has 1 aromatic rings. The Labute approximate surface area is 112 Å². The third-order valence-corrected chi connectivity index (χ3v) is 3.50. The summed E-state index contributed by atoms with van der Waals surface area (Å²) < 4.78 is 5.32. The molecule has 0 saturated carbocycles. The first-order valence-electron chi connectivity index (χ1n) is 7.00. The molecule has 0 saturated heterocycles. The smallest absolute Gasteiger partial charge is 0.0543 e. The maximum atomic E-state index is 5.32. The second-order valence-corrected chi connectivity index (χ2v) is 4.96. The Bertz CT molecular complexity index is 338. The molecule has 0 bridgehead atoms. The quantitative estimate of drug-likeness (QED) is 0.758. The summed E-state index contributed by atoms with van der Waals surface area (Å²) in [6.07, 6.45) is 4.90. The molecule has 0 aliphatic rings. The molecule has 0 heterocycles. The predicted molar refractivity (Wildman–Crippen MR) is 77.9 cm³/mol. The van der Waals surface area contributed by atoms with E-state index in [9.17, 15) is 0 Å². The molecule has 2 nitrogen and oxygen atoms in total. The molecule has 2 unspecified atom stereocenters. The summed E-state index contributed by atoms with van der Waals surface area (Å²) in [7, 11) is 3.82. The lowest BCUT2D eigenvalue weighted by atomic mass is 9.97. The molecule has 18 heavy (non-hydrogen) atoms. The highest BCUT2D eigenvalue weighted by atomic mass is 16.5. The Hall–Kier alpha value is -0.860. The van der Waals surface area contributed by atoms with Gasteiger partial charge in [-0.25, -0.2) is 0 Å². The fourth-order valence-corrected chi connectivity index (χ4v) is 2.25. The third-order valence-electron chi connectivity index (χ3n) is 3.50. The van der Waals surface area contributed by atoms with Crippen LogP contribution in [-0.4, -0.2) is 20.3 Å². The molecule has 1 rings (SSSR count). The number of hydrogen-bond acceptors (Lipinski definition) is 2. The highest BCUT2D eigenvalue weighted by molar-refractivity contribution is 5.26. The van der Waals surface area contributed by atoms with E-state index in [-0.39, 0.29) is 0 Å². The Morgan fingerprint density at radius 1 is 1.28 bits per heavy atom. The second-order valence-electron chi connectivity index (χ2n) is 4.96. The summed E-state index contributed by atoms with van der Waals surface area (Å²) in [6, 6.07) is 9.38. The number of ether oxygens (including phenoxy) is 1. The second kappa shape index (κ2) is 8.28. The maximum absolute atomic E-state index is 5.32. The molecule has 0 radical (unpaired) electrons. The van der Waals surface area contributed by atoms with Crippen molar-refractivity contribution in [1.29, 1.82) is 0 Å². The van der Waals surface area contributed by atoms with Crippen LogP contribution in [0.5, 0.6) is 0 Å². The van der Waals surface area contributed by atoms with E-state index in [2.05, 4.69) is 43.4 Å². The summed E-state index contributed by atoms with van der Waals surface area (Å²) >= 11 is 0. The SMILES string of the molecule is CCCc1cccc(C(CCC(C)OC)NC)c1. The van der Waals surface area contributed by atoms with Gasteiger partial charge in [0.2, 0.25) is 0 Å². The van der Waals surface area contributed by atoms with Gasteiger partial charge in [-0.05, 0) is 44.4 Å². The van der Waals surface area contributed by atoms with Crippen LogP contribution in [0.2, 0.25) is 0 Å². The zero-order valence-corrected chi connectivity index (χ0v) is 12.2. The highest BCUT2D eigenvalue weighted by Crippen LogP contribution is 2.21. The van der Waals surface area contributed by atoms with Crippen molar-refractivity contribution >= 4 is 0 Å². The van der Waals surface area contributed by atoms with Gasteiger partial charge in [0, 0.05) is 13.2 Å². The largest absolute Gasteiger partial charge is 0.382 e. The molecule has 2 atom stereocenters. The summed E-state index contributed by atoms with van der Waals surface area (Å²) in [5, 5.41) is 3.41. The minimum Gasteiger partial charge on any atom is -0.382 e. The molecule has 1 aromatic carbocycles. The lowest BCUT2D eigenvalue weighted by Crippen LogP contribution is -2.18. The topological polar surface area (TPSA) is 21.3 Å². The molecule has 0 aliphatic heterocycles. The van der Waals surface area contributed by atoms with Gasteiger partial charge in [-0.2, -0.15) is 0 Å². The first kappa shape index (κ1) is 15.2. The number of benzene rings is 1. The lowest BCUT2D eigenvalue weighted by Gasteiger charge is -2.19. The predicted octanol–water partition coefficient (Wildman–Crippen LogP) is 3.71. The molecular formula is C16H27NO. The van der Waals surface area contributed by atoms with E-state index in [1.807, 2.05) is 7.05 Å². The molecule has 0 aliphatic carbocycles. The molecule has 0 amide bonds. The van der Waals surface area contributed by atoms with Gasteiger partial charge in [0.1, 0.15) is 0 Å². The first-order chi connectivity index (χ1) is 8.71. The monoisotopic (exact) mass is 249 g/mol. The molecule has 102 valence electrons. The summed E-state index contributed by atoms with van der Waals surface area (Å²) in [4.78, 5) is 0. The average Bonchev–Trinajstić information content (AvgIpc) is 2.40. The van der Waals surface area contributed by atoms with Gasteiger partial charge in [-0.1, -0.05) is 37.6 Å². The number of rotatable bonds is 8. The summed E-state index contributed by atoms with van der Waals surface area (Å²) in [5.41, 5.74) is 2.83. The number of aryl methyl sites for hydroxylation is 1. The van der Waals surface area contributed by atoms with Crippen molar-refractivity contribution in [2.24, 2.45) is 0 Å². The van der Waals surface area contributed by atoms with Crippen molar-refractivity contribution in [2.75, 3.05) is 14.2 Å². The zero-order valence-electron chi connectivity index (χ0n) is 12.2. The number of methoxy groups -OCH3 is 1. The van der Waals surface area contributed by atoms with E-state index >= 15 is 0 Å². The molecule has 0 spiro atoms. The van der Waals surface area contributed by atoms with E-state index in [0.717, 1.165) is 12.8 Å². The van der Waals surface area contributed by atoms with E-state index in [1.165, 1.54) is 24.0 Å². The van der Waals surface area contributed by atoms with Crippen molar-refractivity contribution in [3.05, 3.63) is 35.4 Å². The van der Waals surface area contributed by atoms with Gasteiger partial charge in [0.15, 0.2) is 0 Å². The third kappa shape index (κ3) is 4.79. The van der Waals surface area contributed by atoms with Crippen LogP contribution in [-0.2, 0) is 11.2 Å². The van der Waals surface area contributed by atoms with Gasteiger partial charge in [-0.15, -0.1) is 0 Å². The Morgan fingerprint density at radius 2 is 2.06 bits per heavy atom. The standard InChI is InChI=1S/C16H27NO/c1-5-7-14-8-6-9-15(12-14)16(17-3)11-10-13(2)18-4/h6,8-9,12-13,16-17H,5,7,10-11H2,1-4H3. The molecule has 0 fully saturated rings. The van der Waals surface area contributed by atoms with Crippen molar-refractivity contribution in [1.82, 2.24) is 5.32 Å². The molecule has 1 N–H and O–H groups in total. The minimum atomic E-state index is 0.333. The van der Waals surface area contributed by atoms with E-state index in [1.54, 1.807) is 7.11 Å². The van der Waals surface area contributed by atoms with E-state index < -0.39 is 0 Å². The van der Waals surface area contributed by atoms with Crippen LogP contribution in [0.1, 0.15) is 50.3 Å². The van der Waals surface area contributed by atoms with Gasteiger partial charge in [0.25, 0.3) is 0 Å². The Kier molecular flexibility index (Phi) is 6.99. The van der Waals surface area contributed by atoms with Crippen LogP contribution in [0.3, 0.4) is 0 Å². The lowest BCUT2D eigenvalue weighted by molar-refractivity contribution is 0.106. The number of nitrogens with one attached hydrogen (secondary N) is 1. The fraction of sp³-hybridized carbons (Fsp3) is 0.625. The van der Waals surface area contributed by atoms with Crippen LogP contribution >= 0.6 is 0 Å². The van der Waals surface area contributed by atoms with Crippen molar-refractivity contribution in [3.8, 4) is 0 Å². The maximum Gasteiger partial charge on any atom is 0.0543 e. The van der Waals surface area contributed by atoms with Crippen molar-refractivity contribution in [2.45, 2.75) is 51.7 Å². The van der Waals surface area contributed by atoms with E-state index in [0.29, 0.717) is 12.1 Å². The zero-order chi connectivity index (χ0) is 13.4. The average molecular weight is 249 g/mol. The highest BCUT2D eigenvalue weighted by Gasteiger charge is 2.11. The molecule has 2 heteroatoms. The Balaban J connectivity index is 2.66. The summed E-state index contributed by atoms with van der Waals surface area (Å²) in [6.45, 7) is 4.35. The minimum absolute atomic E-state index is 0.333. The van der Waals surface area contributed by atoms with Crippen molar-refractivity contribution in [3.63, 3.8) is 0 Å². The van der Waals surface area contributed by atoms with Gasteiger partial charge < -0.3 is 10.1 Å². The first-order valence-corrected chi connectivity index (χ1v) is 7.00. The van der Waals surface area contributed by atoms with Crippen LogP contribution < -0.4 is 5.32 Å². The normalized spacial score (nSPS) is 14.4.